The summed E-state index contributed by atoms with van der Waals surface area (Å²) in [7, 11) is -2.77. The van der Waals surface area contributed by atoms with Gasteiger partial charge in [0.2, 0.25) is 0 Å². The molecule has 2 heterocycles. The Hall–Kier alpha value is -0.170. The number of hydrogen-bond donors (Lipinski definition) is 1. The molecule has 0 aromatic rings. The zero-order valence-electron chi connectivity index (χ0n) is 10.3. The van der Waals surface area contributed by atoms with Crippen molar-refractivity contribution >= 4 is 9.84 Å². The van der Waals surface area contributed by atoms with Gasteiger partial charge in [0.1, 0.15) is 9.84 Å². The third-order valence-corrected chi connectivity index (χ3v) is 5.47. The van der Waals surface area contributed by atoms with Crippen LogP contribution in [0.25, 0.3) is 0 Å². The Morgan fingerprint density at radius 2 is 2.00 bits per heavy atom. The Morgan fingerprint density at radius 1 is 1.35 bits per heavy atom. The maximum Gasteiger partial charge on any atom is 0.150 e. The van der Waals surface area contributed by atoms with E-state index in [4.69, 9.17) is 10.5 Å². The van der Waals surface area contributed by atoms with Gasteiger partial charge in [0, 0.05) is 25.2 Å². The summed E-state index contributed by atoms with van der Waals surface area (Å²) < 4.78 is 28.4. The Bertz CT molecular complexity index is 342. The van der Waals surface area contributed by atoms with Crippen molar-refractivity contribution in [1.82, 2.24) is 4.90 Å². The number of ether oxygens (including phenoxy) is 1. The average molecular weight is 262 g/mol. The minimum absolute atomic E-state index is 0.0325. The van der Waals surface area contributed by atoms with E-state index in [1.165, 1.54) is 0 Å². The van der Waals surface area contributed by atoms with Crippen LogP contribution in [0.5, 0.6) is 0 Å². The lowest BCUT2D eigenvalue weighted by Gasteiger charge is -2.40. The van der Waals surface area contributed by atoms with Gasteiger partial charge in [-0.3, -0.25) is 4.90 Å². The maximum absolute atomic E-state index is 11.4. The minimum atomic E-state index is -2.77. The van der Waals surface area contributed by atoms with Crippen LogP contribution >= 0.6 is 0 Å². The van der Waals surface area contributed by atoms with Crippen LogP contribution < -0.4 is 5.73 Å². The molecule has 0 aliphatic carbocycles. The van der Waals surface area contributed by atoms with Crippen LogP contribution in [0.4, 0.5) is 0 Å². The van der Waals surface area contributed by atoms with Crippen molar-refractivity contribution in [3.8, 4) is 0 Å². The minimum Gasteiger partial charge on any atom is -0.374 e. The van der Waals surface area contributed by atoms with E-state index < -0.39 is 9.84 Å². The summed E-state index contributed by atoms with van der Waals surface area (Å²) in [6, 6.07) is 0.425. The molecular weight excluding hydrogens is 240 g/mol. The molecule has 2 fully saturated rings. The second-order valence-electron chi connectivity index (χ2n) is 5.15. The molecule has 0 radical (unpaired) electrons. The molecule has 2 unspecified atom stereocenters. The summed E-state index contributed by atoms with van der Waals surface area (Å²) in [6.07, 6.45) is 1.60. The third kappa shape index (κ3) is 3.40. The van der Waals surface area contributed by atoms with E-state index >= 15 is 0 Å². The van der Waals surface area contributed by atoms with Gasteiger partial charge in [0.15, 0.2) is 0 Å². The van der Waals surface area contributed by atoms with Crippen LogP contribution in [0.1, 0.15) is 19.8 Å². The van der Waals surface area contributed by atoms with E-state index in [-0.39, 0.29) is 12.1 Å². The molecule has 2 N–H and O–H groups in total. The number of rotatable bonds is 2. The van der Waals surface area contributed by atoms with E-state index in [0.29, 0.717) is 24.2 Å². The number of nitrogens with two attached hydrogens (primary N) is 1. The summed E-state index contributed by atoms with van der Waals surface area (Å²) >= 11 is 0. The molecule has 0 spiro atoms. The molecule has 0 bridgehead atoms. The van der Waals surface area contributed by atoms with Crippen molar-refractivity contribution in [2.45, 2.75) is 38.0 Å². The monoisotopic (exact) mass is 262 g/mol. The van der Waals surface area contributed by atoms with Crippen molar-refractivity contribution in [2.75, 3.05) is 31.2 Å². The molecule has 2 aliphatic heterocycles. The maximum atomic E-state index is 11.4. The van der Waals surface area contributed by atoms with Crippen LogP contribution in [0, 0.1) is 0 Å². The Labute approximate surface area is 103 Å². The Kier molecular flexibility index (Phi) is 4.07. The average Bonchev–Trinajstić information content (AvgIpc) is 2.29. The van der Waals surface area contributed by atoms with Crippen LogP contribution in [0.3, 0.4) is 0 Å². The lowest BCUT2D eigenvalue weighted by Crippen LogP contribution is -2.54. The highest BCUT2D eigenvalue weighted by molar-refractivity contribution is 7.91. The largest absolute Gasteiger partial charge is 0.374 e. The van der Waals surface area contributed by atoms with Crippen molar-refractivity contribution < 1.29 is 13.2 Å². The second kappa shape index (κ2) is 5.22. The lowest BCUT2D eigenvalue weighted by atomic mass is 10.1. The highest BCUT2D eigenvalue weighted by Gasteiger charge is 2.32. The number of morpholine rings is 1. The van der Waals surface area contributed by atoms with Crippen LogP contribution in [-0.4, -0.2) is 62.7 Å². The standard InChI is InChI=1S/C11H22N2O3S/c1-9(12)11-8-13(4-5-16-11)10-2-6-17(14,15)7-3-10/h9-11H,2-8,12H2,1H3. The Balaban J connectivity index is 1.90. The van der Waals surface area contributed by atoms with Gasteiger partial charge in [0.05, 0.1) is 24.2 Å². The van der Waals surface area contributed by atoms with E-state index in [0.717, 1.165) is 25.9 Å². The van der Waals surface area contributed by atoms with Gasteiger partial charge < -0.3 is 10.5 Å². The molecule has 0 aromatic carbocycles. The van der Waals surface area contributed by atoms with Crippen LogP contribution in [-0.2, 0) is 14.6 Å². The number of nitrogens with zero attached hydrogens (tertiary/aromatic N) is 1. The van der Waals surface area contributed by atoms with Crippen LogP contribution in [0.2, 0.25) is 0 Å². The lowest BCUT2D eigenvalue weighted by molar-refractivity contribution is -0.0526. The van der Waals surface area contributed by atoms with Crippen LogP contribution in [0.15, 0.2) is 0 Å². The van der Waals surface area contributed by atoms with Gasteiger partial charge in [0.25, 0.3) is 0 Å². The van der Waals surface area contributed by atoms with Crippen molar-refractivity contribution in [3.05, 3.63) is 0 Å². The highest BCUT2D eigenvalue weighted by Crippen LogP contribution is 2.21. The van der Waals surface area contributed by atoms with Gasteiger partial charge in [-0.25, -0.2) is 8.42 Å². The predicted molar refractivity (Wildman–Crippen MR) is 66.6 cm³/mol. The normalized spacial score (nSPS) is 33.4. The first-order valence-corrected chi connectivity index (χ1v) is 8.12. The topological polar surface area (TPSA) is 72.6 Å². The molecule has 0 saturated carbocycles. The summed E-state index contributed by atoms with van der Waals surface area (Å²) in [5.74, 6) is 0.662. The molecule has 6 heteroatoms. The van der Waals surface area contributed by atoms with Gasteiger partial charge >= 0.3 is 0 Å². The quantitative estimate of drug-likeness (QED) is 0.734. The van der Waals surface area contributed by atoms with Gasteiger partial charge in [-0.2, -0.15) is 0 Å². The Morgan fingerprint density at radius 3 is 2.59 bits per heavy atom. The zero-order chi connectivity index (χ0) is 12.5. The fourth-order valence-electron chi connectivity index (χ4n) is 2.59. The van der Waals surface area contributed by atoms with E-state index in [9.17, 15) is 8.42 Å². The SMILES string of the molecule is CC(N)C1CN(C2CCS(=O)(=O)CC2)CCO1. The van der Waals surface area contributed by atoms with Gasteiger partial charge in [-0.1, -0.05) is 0 Å². The molecule has 100 valence electrons. The van der Waals surface area contributed by atoms with E-state index in [1.54, 1.807) is 0 Å². The molecule has 0 amide bonds. The molecule has 2 rings (SSSR count). The first kappa shape index (κ1) is 13.3. The van der Waals surface area contributed by atoms with Gasteiger partial charge in [-0.05, 0) is 19.8 Å². The summed E-state index contributed by atoms with van der Waals surface area (Å²) in [5, 5.41) is 0. The smallest absolute Gasteiger partial charge is 0.150 e. The van der Waals surface area contributed by atoms with Crippen molar-refractivity contribution in [1.29, 1.82) is 0 Å². The second-order valence-corrected chi connectivity index (χ2v) is 7.45. The molecule has 2 atom stereocenters. The first-order valence-electron chi connectivity index (χ1n) is 6.29. The fourth-order valence-corrected chi connectivity index (χ4v) is 4.06. The number of sulfone groups is 1. The summed E-state index contributed by atoms with van der Waals surface area (Å²) in [4.78, 5) is 2.35. The molecule has 0 aromatic heterocycles. The molecule has 17 heavy (non-hydrogen) atoms. The first-order chi connectivity index (χ1) is 7.98. The summed E-state index contributed by atoms with van der Waals surface area (Å²) in [5.41, 5.74) is 5.85. The third-order valence-electron chi connectivity index (χ3n) is 3.75. The number of hydrogen-bond acceptors (Lipinski definition) is 5. The fraction of sp³-hybridized carbons (Fsp3) is 1.00. The molecular formula is C11H22N2O3S. The van der Waals surface area contributed by atoms with E-state index in [2.05, 4.69) is 4.90 Å². The molecule has 2 aliphatic rings. The van der Waals surface area contributed by atoms with Crippen molar-refractivity contribution in [3.63, 3.8) is 0 Å². The highest BCUT2D eigenvalue weighted by atomic mass is 32.2. The molecule has 2 saturated heterocycles. The zero-order valence-corrected chi connectivity index (χ0v) is 11.2. The predicted octanol–water partition coefficient (Wildman–Crippen LogP) is -0.388. The van der Waals surface area contributed by atoms with Crippen molar-refractivity contribution in [2.24, 2.45) is 5.73 Å². The molecule has 5 nitrogen and oxygen atoms in total. The summed E-state index contributed by atoms with van der Waals surface area (Å²) in [6.45, 7) is 4.39. The van der Waals surface area contributed by atoms with Gasteiger partial charge in [-0.15, -0.1) is 0 Å². The van der Waals surface area contributed by atoms with E-state index in [1.807, 2.05) is 6.92 Å².